The molecule has 2 fully saturated rings. The van der Waals surface area contributed by atoms with Crippen molar-refractivity contribution in [3.05, 3.63) is 47.3 Å². The monoisotopic (exact) mass is 394 g/mol. The number of hydrogen-bond acceptors (Lipinski definition) is 4. The van der Waals surface area contributed by atoms with Crippen LogP contribution in [0.5, 0.6) is 5.75 Å². The summed E-state index contributed by atoms with van der Waals surface area (Å²) in [5.74, 6) is 1.91. The van der Waals surface area contributed by atoms with Gasteiger partial charge in [-0.3, -0.25) is 14.3 Å². The van der Waals surface area contributed by atoms with E-state index in [0.717, 1.165) is 23.7 Å². The van der Waals surface area contributed by atoms with Crippen LogP contribution < -0.4 is 10.1 Å². The van der Waals surface area contributed by atoms with Crippen molar-refractivity contribution in [2.75, 3.05) is 13.7 Å². The quantitative estimate of drug-likeness (QED) is 0.845. The van der Waals surface area contributed by atoms with Gasteiger partial charge in [-0.1, -0.05) is 18.6 Å². The van der Waals surface area contributed by atoms with Crippen LogP contribution in [-0.4, -0.2) is 46.2 Å². The van der Waals surface area contributed by atoms with Crippen LogP contribution in [0.15, 0.2) is 30.3 Å². The van der Waals surface area contributed by atoms with Crippen LogP contribution in [0.1, 0.15) is 52.2 Å². The first-order valence-electron chi connectivity index (χ1n) is 10.4. The Labute approximate surface area is 170 Å². The number of methoxy groups -OCH3 is 1. The summed E-state index contributed by atoms with van der Waals surface area (Å²) in [6.45, 7) is 1.67. The van der Waals surface area contributed by atoms with E-state index < -0.39 is 0 Å². The highest BCUT2D eigenvalue weighted by molar-refractivity contribution is 5.98. The summed E-state index contributed by atoms with van der Waals surface area (Å²) < 4.78 is 6.93. The fraction of sp³-hybridized carbons (Fsp3) is 0.500. The number of amides is 2. The third kappa shape index (κ3) is 3.39. The molecule has 2 aliphatic carbocycles. The molecule has 3 unspecified atom stereocenters. The number of aromatic nitrogens is 2. The van der Waals surface area contributed by atoms with E-state index >= 15 is 0 Å². The summed E-state index contributed by atoms with van der Waals surface area (Å²) in [4.78, 5) is 27.5. The molecular formula is C22H26N4O3. The number of ether oxygens (including phenoxy) is 1. The number of fused-ring (bicyclic) bond motifs is 3. The van der Waals surface area contributed by atoms with Crippen molar-refractivity contribution < 1.29 is 14.3 Å². The molecule has 1 aliphatic heterocycles. The fourth-order valence-corrected chi connectivity index (χ4v) is 5.16. The normalized spacial score (nSPS) is 25.2. The number of nitrogens with one attached hydrogen (secondary N) is 1. The average Bonchev–Trinajstić information content (AvgIpc) is 3.46. The van der Waals surface area contributed by atoms with Crippen LogP contribution in [0, 0.1) is 11.8 Å². The van der Waals surface area contributed by atoms with Gasteiger partial charge in [-0.05, 0) is 48.8 Å². The van der Waals surface area contributed by atoms with Gasteiger partial charge in [0.25, 0.3) is 11.8 Å². The Bertz CT molecular complexity index is 953. The zero-order valence-electron chi connectivity index (χ0n) is 16.6. The fourth-order valence-electron chi connectivity index (χ4n) is 5.16. The van der Waals surface area contributed by atoms with Gasteiger partial charge in [0.05, 0.1) is 13.7 Å². The number of carbonyl (C=O) groups is 2. The molecule has 2 heterocycles. The Hall–Kier alpha value is -2.83. The maximum Gasteiger partial charge on any atom is 0.272 e. The second kappa shape index (κ2) is 7.21. The molecule has 29 heavy (non-hydrogen) atoms. The molecule has 0 saturated heterocycles. The van der Waals surface area contributed by atoms with E-state index in [1.165, 1.54) is 19.3 Å². The minimum Gasteiger partial charge on any atom is -0.497 e. The minimum absolute atomic E-state index is 0.0921. The molecule has 152 valence electrons. The lowest BCUT2D eigenvalue weighted by Gasteiger charge is -2.27. The zero-order chi connectivity index (χ0) is 20.0. The topological polar surface area (TPSA) is 76.5 Å². The summed E-state index contributed by atoms with van der Waals surface area (Å²) in [6.07, 6.45) is 4.83. The molecule has 2 amide bonds. The first-order chi connectivity index (χ1) is 14.1. The zero-order valence-corrected chi connectivity index (χ0v) is 16.6. The van der Waals surface area contributed by atoms with E-state index in [1.807, 2.05) is 24.3 Å². The van der Waals surface area contributed by atoms with Crippen molar-refractivity contribution in [3.8, 4) is 5.75 Å². The Balaban J connectivity index is 1.28. The highest BCUT2D eigenvalue weighted by atomic mass is 16.5. The molecule has 2 bridgehead atoms. The van der Waals surface area contributed by atoms with Gasteiger partial charge in [-0.15, -0.1) is 0 Å². The summed E-state index contributed by atoms with van der Waals surface area (Å²) in [5.41, 5.74) is 1.84. The SMILES string of the molecule is COc1cccc(CN2CCn3nc(C(=O)NC4CC5CCC4C5)cc3C2=O)c1. The van der Waals surface area contributed by atoms with Crippen molar-refractivity contribution in [1.82, 2.24) is 20.0 Å². The van der Waals surface area contributed by atoms with Gasteiger partial charge in [0.15, 0.2) is 5.69 Å². The van der Waals surface area contributed by atoms with Crippen LogP contribution in [0.3, 0.4) is 0 Å². The number of hydrogen-bond donors (Lipinski definition) is 1. The van der Waals surface area contributed by atoms with E-state index in [1.54, 1.807) is 22.8 Å². The van der Waals surface area contributed by atoms with Crippen LogP contribution in [-0.2, 0) is 13.1 Å². The Kier molecular flexibility index (Phi) is 4.53. The van der Waals surface area contributed by atoms with Crippen LogP contribution in [0.25, 0.3) is 0 Å². The van der Waals surface area contributed by atoms with E-state index in [0.29, 0.717) is 36.9 Å². The van der Waals surface area contributed by atoms with E-state index in [9.17, 15) is 9.59 Å². The van der Waals surface area contributed by atoms with Crippen molar-refractivity contribution in [2.45, 2.75) is 44.8 Å². The third-order valence-electron chi connectivity index (χ3n) is 6.66. The van der Waals surface area contributed by atoms with Gasteiger partial charge in [-0.25, -0.2) is 0 Å². The lowest BCUT2D eigenvalue weighted by Crippen LogP contribution is -2.39. The van der Waals surface area contributed by atoms with Crippen LogP contribution in [0.4, 0.5) is 0 Å². The number of nitrogens with zero attached hydrogens (tertiary/aromatic N) is 3. The average molecular weight is 394 g/mol. The van der Waals surface area contributed by atoms with Gasteiger partial charge in [0.1, 0.15) is 11.4 Å². The first-order valence-corrected chi connectivity index (χ1v) is 10.4. The molecule has 1 aromatic carbocycles. The third-order valence-corrected chi connectivity index (χ3v) is 6.66. The first kappa shape index (κ1) is 18.2. The van der Waals surface area contributed by atoms with Gasteiger partial charge in [0.2, 0.25) is 0 Å². The lowest BCUT2D eigenvalue weighted by molar-refractivity contribution is 0.0682. The van der Waals surface area contributed by atoms with E-state index in [-0.39, 0.29) is 17.9 Å². The summed E-state index contributed by atoms with van der Waals surface area (Å²) in [7, 11) is 1.63. The molecule has 7 nitrogen and oxygen atoms in total. The van der Waals surface area contributed by atoms with Crippen LogP contribution >= 0.6 is 0 Å². The predicted octanol–water partition coefficient (Wildman–Crippen LogP) is 2.47. The molecule has 3 aliphatic rings. The van der Waals surface area contributed by atoms with Crippen molar-refractivity contribution in [2.24, 2.45) is 11.8 Å². The standard InChI is InChI=1S/C22H26N4O3/c1-29-17-4-2-3-15(10-17)13-25-7-8-26-20(22(25)28)12-19(24-26)21(27)23-18-11-14-5-6-16(18)9-14/h2-4,10,12,14,16,18H,5-9,11,13H2,1H3,(H,23,27). The number of benzene rings is 1. The summed E-state index contributed by atoms with van der Waals surface area (Å²) in [5, 5.41) is 7.57. The maximum absolute atomic E-state index is 13.0. The molecular weight excluding hydrogens is 368 g/mol. The highest BCUT2D eigenvalue weighted by Crippen LogP contribution is 2.44. The second-order valence-electron chi connectivity index (χ2n) is 8.47. The van der Waals surface area contributed by atoms with E-state index in [2.05, 4.69) is 10.4 Å². The smallest absolute Gasteiger partial charge is 0.272 e. The second-order valence-corrected chi connectivity index (χ2v) is 8.47. The largest absolute Gasteiger partial charge is 0.497 e. The van der Waals surface area contributed by atoms with Gasteiger partial charge < -0.3 is 15.0 Å². The molecule has 1 N–H and O–H groups in total. The molecule has 0 radical (unpaired) electrons. The van der Waals surface area contributed by atoms with Gasteiger partial charge in [-0.2, -0.15) is 5.10 Å². The molecule has 3 atom stereocenters. The molecule has 1 aromatic heterocycles. The van der Waals surface area contributed by atoms with E-state index in [4.69, 9.17) is 4.74 Å². The lowest BCUT2D eigenvalue weighted by atomic mass is 9.95. The Morgan fingerprint density at radius 2 is 2.14 bits per heavy atom. The Morgan fingerprint density at radius 3 is 2.90 bits per heavy atom. The van der Waals surface area contributed by atoms with Crippen molar-refractivity contribution in [3.63, 3.8) is 0 Å². The number of carbonyl (C=O) groups excluding carboxylic acids is 2. The van der Waals surface area contributed by atoms with Gasteiger partial charge >= 0.3 is 0 Å². The highest BCUT2D eigenvalue weighted by Gasteiger charge is 2.40. The molecule has 5 rings (SSSR count). The molecule has 0 spiro atoms. The minimum atomic E-state index is -0.156. The summed E-state index contributed by atoms with van der Waals surface area (Å²) >= 11 is 0. The molecule has 2 aromatic rings. The maximum atomic E-state index is 13.0. The van der Waals surface area contributed by atoms with Crippen molar-refractivity contribution >= 4 is 11.8 Å². The van der Waals surface area contributed by atoms with Crippen molar-refractivity contribution in [1.29, 1.82) is 0 Å². The Morgan fingerprint density at radius 1 is 1.24 bits per heavy atom. The van der Waals surface area contributed by atoms with Crippen LogP contribution in [0.2, 0.25) is 0 Å². The number of rotatable bonds is 5. The molecule has 2 saturated carbocycles. The summed E-state index contributed by atoms with van der Waals surface area (Å²) in [6, 6.07) is 9.63. The molecule has 7 heteroatoms. The predicted molar refractivity (Wildman–Crippen MR) is 107 cm³/mol. The van der Waals surface area contributed by atoms with Gasteiger partial charge in [0, 0.05) is 25.2 Å².